The smallest absolute Gasteiger partial charge is 0.412 e. The molecule has 1 saturated heterocycles. The van der Waals surface area contributed by atoms with E-state index in [-0.39, 0.29) is 5.92 Å². The first-order valence-electron chi connectivity index (χ1n) is 8.26. The fourth-order valence-electron chi connectivity index (χ4n) is 3.36. The first-order valence-corrected chi connectivity index (χ1v) is 8.26. The number of methoxy groups -OCH3 is 1. The molecule has 0 spiro atoms. The molecule has 1 N–H and O–H groups in total. The lowest BCUT2D eigenvalue weighted by molar-refractivity contribution is -0.137. The van der Waals surface area contributed by atoms with Crippen LogP contribution in [0.25, 0.3) is 0 Å². The minimum absolute atomic E-state index is 0.0751. The standard InChI is InChI=1S/C18H24N2O4/c1-5-17(2)18(3,22)20(16(21)24-17)9-8-12-11-19-15-7-6-13(23-4)10-14(12)15/h6-7,10-11,14,22H,5,8-9H2,1-4H3/t14-,17-,18-/m0/s1. The van der Waals surface area contributed by atoms with Crippen LogP contribution in [0, 0.1) is 5.92 Å². The number of carbonyl (C=O) groups is 1. The molecule has 1 aliphatic carbocycles. The summed E-state index contributed by atoms with van der Waals surface area (Å²) in [4.78, 5) is 18.0. The van der Waals surface area contributed by atoms with Gasteiger partial charge in [0.15, 0.2) is 11.3 Å². The third kappa shape index (κ3) is 2.45. The molecule has 6 nitrogen and oxygen atoms in total. The Kier molecular flexibility index (Phi) is 4.03. The number of fused-ring (bicyclic) bond motifs is 1. The number of nitrogens with zero attached hydrogens (tertiary/aromatic N) is 2. The summed E-state index contributed by atoms with van der Waals surface area (Å²) in [6.07, 6.45) is 8.39. The highest BCUT2D eigenvalue weighted by molar-refractivity contribution is 6.03. The highest BCUT2D eigenvalue weighted by Crippen LogP contribution is 2.40. The van der Waals surface area contributed by atoms with E-state index in [9.17, 15) is 9.90 Å². The van der Waals surface area contributed by atoms with E-state index in [2.05, 4.69) is 4.99 Å². The minimum atomic E-state index is -1.33. The van der Waals surface area contributed by atoms with E-state index in [1.807, 2.05) is 31.4 Å². The van der Waals surface area contributed by atoms with Crippen molar-refractivity contribution in [1.82, 2.24) is 4.90 Å². The van der Waals surface area contributed by atoms with Crippen LogP contribution in [0.2, 0.25) is 0 Å². The largest absolute Gasteiger partial charge is 0.497 e. The molecule has 0 aromatic carbocycles. The Labute approximate surface area is 142 Å². The number of ether oxygens (including phenoxy) is 2. The zero-order valence-corrected chi connectivity index (χ0v) is 14.6. The van der Waals surface area contributed by atoms with Gasteiger partial charge in [0, 0.05) is 18.7 Å². The van der Waals surface area contributed by atoms with Gasteiger partial charge in [-0.2, -0.15) is 0 Å². The fraction of sp³-hybridized carbons (Fsp3) is 0.556. The Balaban J connectivity index is 1.70. The van der Waals surface area contributed by atoms with E-state index in [4.69, 9.17) is 9.47 Å². The normalized spacial score (nSPS) is 34.5. The minimum Gasteiger partial charge on any atom is -0.497 e. The highest BCUT2D eigenvalue weighted by atomic mass is 16.6. The van der Waals surface area contributed by atoms with Gasteiger partial charge in [-0.05, 0) is 50.5 Å². The van der Waals surface area contributed by atoms with Crippen LogP contribution in [0.5, 0.6) is 0 Å². The molecule has 130 valence electrons. The van der Waals surface area contributed by atoms with E-state index < -0.39 is 17.4 Å². The maximum atomic E-state index is 12.2. The topological polar surface area (TPSA) is 71.4 Å². The van der Waals surface area contributed by atoms with Crippen LogP contribution in [0.4, 0.5) is 4.79 Å². The van der Waals surface area contributed by atoms with Crippen LogP contribution in [-0.2, 0) is 9.47 Å². The number of aliphatic hydroxyl groups is 1. The molecule has 2 heterocycles. The van der Waals surface area contributed by atoms with Gasteiger partial charge in [0.1, 0.15) is 5.76 Å². The van der Waals surface area contributed by atoms with Crippen molar-refractivity contribution < 1.29 is 19.4 Å². The summed E-state index contributed by atoms with van der Waals surface area (Å²) in [6, 6.07) is 0. The van der Waals surface area contributed by atoms with Crippen molar-refractivity contribution in [2.75, 3.05) is 13.7 Å². The summed E-state index contributed by atoms with van der Waals surface area (Å²) >= 11 is 0. The molecule has 0 radical (unpaired) electrons. The van der Waals surface area contributed by atoms with Crippen molar-refractivity contribution in [3.63, 3.8) is 0 Å². The van der Waals surface area contributed by atoms with Gasteiger partial charge in [-0.3, -0.25) is 9.89 Å². The fourth-order valence-corrected chi connectivity index (χ4v) is 3.36. The summed E-state index contributed by atoms with van der Waals surface area (Å²) in [5.41, 5.74) is -0.161. The number of hydrogen-bond donors (Lipinski definition) is 1. The summed E-state index contributed by atoms with van der Waals surface area (Å²) in [7, 11) is 1.64. The van der Waals surface area contributed by atoms with Crippen molar-refractivity contribution in [3.8, 4) is 0 Å². The molecule has 3 aliphatic rings. The van der Waals surface area contributed by atoms with Gasteiger partial charge >= 0.3 is 6.09 Å². The van der Waals surface area contributed by atoms with Gasteiger partial charge in [-0.1, -0.05) is 6.92 Å². The number of allylic oxidation sites excluding steroid dienone is 3. The van der Waals surface area contributed by atoms with Gasteiger partial charge in [-0.15, -0.1) is 0 Å². The van der Waals surface area contributed by atoms with Crippen molar-refractivity contribution in [1.29, 1.82) is 0 Å². The Hall–Kier alpha value is -2.08. The SMILES string of the molecule is CC[C@]1(C)OC(=O)N(CCC2=CN=C3C=CC(OC)=C[C@@H]23)[C@@]1(C)O. The van der Waals surface area contributed by atoms with Crippen LogP contribution in [0.3, 0.4) is 0 Å². The summed E-state index contributed by atoms with van der Waals surface area (Å²) in [6.45, 7) is 5.68. The number of hydrogen-bond acceptors (Lipinski definition) is 5. The van der Waals surface area contributed by atoms with E-state index in [1.54, 1.807) is 21.0 Å². The van der Waals surface area contributed by atoms with E-state index in [0.717, 1.165) is 17.0 Å². The van der Waals surface area contributed by atoms with E-state index in [1.165, 1.54) is 4.90 Å². The van der Waals surface area contributed by atoms with Gasteiger partial charge in [0.25, 0.3) is 0 Å². The van der Waals surface area contributed by atoms with Crippen molar-refractivity contribution >= 4 is 11.8 Å². The van der Waals surface area contributed by atoms with Crippen LogP contribution in [0.15, 0.2) is 40.8 Å². The lowest BCUT2D eigenvalue weighted by Crippen LogP contribution is -2.55. The molecule has 6 heteroatoms. The van der Waals surface area contributed by atoms with Gasteiger partial charge in [0.05, 0.1) is 12.8 Å². The molecule has 0 aromatic heterocycles. The van der Waals surface area contributed by atoms with Gasteiger partial charge < -0.3 is 14.6 Å². The maximum Gasteiger partial charge on any atom is 0.412 e. The molecule has 0 bridgehead atoms. The van der Waals surface area contributed by atoms with Gasteiger partial charge in [0.2, 0.25) is 0 Å². The number of aliphatic imine (C=N–C) groups is 1. The van der Waals surface area contributed by atoms with Crippen LogP contribution in [0.1, 0.15) is 33.6 Å². The molecular weight excluding hydrogens is 308 g/mol. The lowest BCUT2D eigenvalue weighted by Gasteiger charge is -2.37. The van der Waals surface area contributed by atoms with Crippen LogP contribution >= 0.6 is 0 Å². The molecule has 1 fully saturated rings. The maximum absolute atomic E-state index is 12.2. The first kappa shape index (κ1) is 16.8. The van der Waals surface area contributed by atoms with E-state index in [0.29, 0.717) is 19.4 Å². The summed E-state index contributed by atoms with van der Waals surface area (Å²) in [5, 5.41) is 10.8. The average Bonchev–Trinajstić information content (AvgIpc) is 3.03. The molecule has 0 saturated carbocycles. The lowest BCUT2D eigenvalue weighted by atomic mass is 9.88. The molecule has 0 aromatic rings. The van der Waals surface area contributed by atoms with E-state index >= 15 is 0 Å². The molecule has 1 amide bonds. The summed E-state index contributed by atoms with van der Waals surface area (Å²) < 4.78 is 10.7. The first-order chi connectivity index (χ1) is 11.3. The third-order valence-corrected chi connectivity index (χ3v) is 5.44. The van der Waals surface area contributed by atoms with Crippen molar-refractivity contribution in [2.24, 2.45) is 10.9 Å². The molecular formula is C18H24N2O4. The Morgan fingerprint density at radius 3 is 2.79 bits per heavy atom. The molecule has 0 unspecified atom stereocenters. The third-order valence-electron chi connectivity index (χ3n) is 5.44. The molecule has 2 aliphatic heterocycles. The monoisotopic (exact) mass is 332 g/mol. The Bertz CT molecular complexity index is 675. The second-order valence-electron chi connectivity index (χ2n) is 6.72. The zero-order valence-electron chi connectivity index (χ0n) is 14.6. The zero-order chi connectivity index (χ0) is 17.5. The Morgan fingerprint density at radius 2 is 2.17 bits per heavy atom. The van der Waals surface area contributed by atoms with Crippen molar-refractivity contribution in [3.05, 3.63) is 35.8 Å². The average molecular weight is 332 g/mol. The van der Waals surface area contributed by atoms with Crippen LogP contribution < -0.4 is 0 Å². The highest BCUT2D eigenvalue weighted by Gasteiger charge is 2.58. The molecule has 3 rings (SSSR count). The summed E-state index contributed by atoms with van der Waals surface area (Å²) in [5.74, 6) is 0.879. The Morgan fingerprint density at radius 1 is 1.42 bits per heavy atom. The molecule has 24 heavy (non-hydrogen) atoms. The number of carbonyl (C=O) groups excluding carboxylic acids is 1. The second-order valence-corrected chi connectivity index (χ2v) is 6.72. The predicted octanol–water partition coefficient (Wildman–Crippen LogP) is 2.76. The number of rotatable bonds is 5. The van der Waals surface area contributed by atoms with Crippen LogP contribution in [-0.4, -0.2) is 46.8 Å². The quantitative estimate of drug-likeness (QED) is 0.840. The van der Waals surface area contributed by atoms with Gasteiger partial charge in [-0.25, -0.2) is 4.79 Å². The molecule has 3 atom stereocenters. The number of cyclic esters (lactones) is 1. The second kappa shape index (κ2) is 5.77. The predicted molar refractivity (Wildman–Crippen MR) is 90.4 cm³/mol. The van der Waals surface area contributed by atoms with Crippen molar-refractivity contribution in [2.45, 2.75) is 44.9 Å². The number of amides is 1.